The van der Waals surface area contributed by atoms with Gasteiger partial charge in [-0.3, -0.25) is 10.1 Å². The van der Waals surface area contributed by atoms with E-state index in [9.17, 15) is 4.79 Å². The molecule has 0 saturated carbocycles. The normalized spacial score (nSPS) is 14.9. The first kappa shape index (κ1) is 19.3. The van der Waals surface area contributed by atoms with Crippen LogP contribution >= 0.6 is 23.4 Å². The van der Waals surface area contributed by atoms with Crippen LogP contribution in [0.3, 0.4) is 0 Å². The predicted molar refractivity (Wildman–Crippen MR) is 113 cm³/mol. The van der Waals surface area contributed by atoms with Crippen molar-refractivity contribution in [3.8, 4) is 11.5 Å². The molecule has 0 bridgehead atoms. The first-order valence-electron chi connectivity index (χ1n) is 8.52. The third kappa shape index (κ3) is 4.06. The molecule has 8 nitrogen and oxygen atoms in total. The lowest BCUT2D eigenvalue weighted by atomic mass is 10.1. The Kier molecular flexibility index (Phi) is 5.41. The lowest BCUT2D eigenvalue weighted by Crippen LogP contribution is -2.21. The summed E-state index contributed by atoms with van der Waals surface area (Å²) in [5.41, 5.74) is 2.61. The zero-order valence-corrected chi connectivity index (χ0v) is 17.1. The molecule has 148 valence electrons. The average molecular weight is 430 g/mol. The zero-order chi connectivity index (χ0) is 20.4. The fourth-order valence-electron chi connectivity index (χ4n) is 2.77. The summed E-state index contributed by atoms with van der Waals surface area (Å²) in [6.07, 6.45) is 3.55. The van der Waals surface area contributed by atoms with Crippen molar-refractivity contribution in [1.29, 1.82) is 0 Å². The van der Waals surface area contributed by atoms with Crippen LogP contribution in [0.2, 0.25) is 5.02 Å². The number of benzene rings is 2. The topological polar surface area (TPSA) is 90.6 Å². The quantitative estimate of drug-likeness (QED) is 0.625. The number of amides is 1. The number of fused-ring (bicyclic) bond motifs is 1. The number of halogens is 1. The summed E-state index contributed by atoms with van der Waals surface area (Å²) >= 11 is 7.36. The zero-order valence-electron chi connectivity index (χ0n) is 15.5. The number of rotatable bonds is 5. The van der Waals surface area contributed by atoms with Gasteiger partial charge in [0, 0.05) is 5.02 Å². The number of thioether (sulfide) groups is 1. The summed E-state index contributed by atoms with van der Waals surface area (Å²) in [5.74, 6) is 0.836. The van der Waals surface area contributed by atoms with Crippen molar-refractivity contribution in [2.45, 2.75) is 6.73 Å². The van der Waals surface area contributed by atoms with E-state index in [1.165, 1.54) is 11.8 Å². The van der Waals surface area contributed by atoms with Gasteiger partial charge >= 0.3 is 0 Å². The molecule has 3 aromatic rings. The molecule has 0 spiro atoms. The Bertz CT molecular complexity index is 1160. The highest BCUT2D eigenvalue weighted by Crippen LogP contribution is 2.30. The van der Waals surface area contributed by atoms with Crippen LogP contribution < -0.4 is 14.8 Å². The van der Waals surface area contributed by atoms with Gasteiger partial charge in [0.15, 0.2) is 23.4 Å². The van der Waals surface area contributed by atoms with E-state index in [1.807, 2.05) is 18.4 Å². The molecule has 2 aromatic carbocycles. The molecular weight excluding hydrogens is 414 g/mol. The summed E-state index contributed by atoms with van der Waals surface area (Å²) in [6, 6.07) is 10.7. The van der Waals surface area contributed by atoms with Gasteiger partial charge in [-0.05, 0) is 48.2 Å². The number of amidine groups is 1. The van der Waals surface area contributed by atoms with Crippen LogP contribution in [0.5, 0.6) is 11.5 Å². The van der Waals surface area contributed by atoms with Gasteiger partial charge in [-0.15, -0.1) is 5.10 Å². The second kappa shape index (κ2) is 8.14. The summed E-state index contributed by atoms with van der Waals surface area (Å²) in [5, 5.41) is 12.0. The SMILES string of the molecule is COc1cc(C=C2N=C(SC)NC2=O)ccc1OCn1nnc2cc(Cl)ccc21. The smallest absolute Gasteiger partial charge is 0.275 e. The van der Waals surface area contributed by atoms with E-state index in [1.54, 1.807) is 42.1 Å². The second-order valence-corrected chi connectivity index (χ2v) is 7.24. The molecule has 1 aromatic heterocycles. The molecule has 1 aliphatic heterocycles. The molecule has 0 aliphatic carbocycles. The number of aliphatic imine (C=N–C) groups is 1. The Balaban J connectivity index is 1.54. The van der Waals surface area contributed by atoms with E-state index in [-0.39, 0.29) is 12.6 Å². The van der Waals surface area contributed by atoms with Crippen LogP contribution in [-0.2, 0) is 11.5 Å². The summed E-state index contributed by atoms with van der Waals surface area (Å²) in [7, 11) is 1.55. The molecule has 0 fully saturated rings. The van der Waals surface area contributed by atoms with Crippen LogP contribution in [0, 0.1) is 0 Å². The average Bonchev–Trinajstić information content (AvgIpc) is 3.29. The molecule has 29 heavy (non-hydrogen) atoms. The molecular formula is C19H16ClN5O3S. The maximum Gasteiger partial charge on any atom is 0.275 e. The molecule has 10 heteroatoms. The Morgan fingerprint density at radius 2 is 2.10 bits per heavy atom. The largest absolute Gasteiger partial charge is 0.493 e. The van der Waals surface area contributed by atoms with Gasteiger partial charge < -0.3 is 9.47 Å². The van der Waals surface area contributed by atoms with E-state index in [0.717, 1.165) is 11.1 Å². The van der Waals surface area contributed by atoms with Crippen molar-refractivity contribution in [1.82, 2.24) is 20.3 Å². The Morgan fingerprint density at radius 1 is 1.24 bits per heavy atom. The van der Waals surface area contributed by atoms with E-state index in [0.29, 0.717) is 32.9 Å². The fourth-order valence-corrected chi connectivity index (χ4v) is 3.32. The standard InChI is InChI=1S/C19H16ClN5O3S/c1-27-17-8-11(7-14-18(26)22-19(21-14)29-2)3-6-16(17)28-10-25-15-5-4-12(20)9-13(15)23-24-25/h3-9H,10H2,1-2H3,(H,21,22,26). The van der Waals surface area contributed by atoms with E-state index >= 15 is 0 Å². The fraction of sp³-hybridized carbons (Fsp3) is 0.158. The Labute approximate surface area is 175 Å². The minimum atomic E-state index is -0.230. The molecule has 2 heterocycles. The number of hydrogen-bond acceptors (Lipinski definition) is 7. The number of ether oxygens (including phenoxy) is 2. The molecule has 1 aliphatic rings. The Hall–Kier alpha value is -3.04. The van der Waals surface area contributed by atoms with E-state index < -0.39 is 0 Å². The van der Waals surface area contributed by atoms with Crippen LogP contribution in [0.25, 0.3) is 17.1 Å². The molecule has 0 saturated heterocycles. The number of nitrogens with zero attached hydrogens (tertiary/aromatic N) is 4. The van der Waals surface area contributed by atoms with E-state index in [2.05, 4.69) is 20.6 Å². The van der Waals surface area contributed by atoms with Crippen molar-refractivity contribution in [2.24, 2.45) is 4.99 Å². The van der Waals surface area contributed by atoms with Crippen LogP contribution in [-0.4, -0.2) is 39.4 Å². The van der Waals surface area contributed by atoms with Crippen LogP contribution in [0.4, 0.5) is 0 Å². The van der Waals surface area contributed by atoms with E-state index in [4.69, 9.17) is 21.1 Å². The van der Waals surface area contributed by atoms with Crippen LogP contribution in [0.15, 0.2) is 47.1 Å². The van der Waals surface area contributed by atoms with Crippen LogP contribution in [0.1, 0.15) is 5.56 Å². The predicted octanol–water partition coefficient (Wildman–Crippen LogP) is 3.32. The highest BCUT2D eigenvalue weighted by Gasteiger charge is 2.19. The summed E-state index contributed by atoms with van der Waals surface area (Å²) in [4.78, 5) is 16.2. The van der Waals surface area contributed by atoms with Gasteiger partial charge in [0.1, 0.15) is 11.2 Å². The maximum atomic E-state index is 11.9. The van der Waals surface area contributed by atoms with Gasteiger partial charge in [0.2, 0.25) is 0 Å². The molecule has 0 unspecified atom stereocenters. The minimum Gasteiger partial charge on any atom is -0.493 e. The van der Waals surface area contributed by atoms with Crippen molar-refractivity contribution >= 4 is 51.5 Å². The maximum absolute atomic E-state index is 11.9. The molecule has 4 rings (SSSR count). The van der Waals surface area contributed by atoms with Gasteiger partial charge in [-0.25, -0.2) is 9.67 Å². The number of carbonyl (C=O) groups is 1. The Morgan fingerprint density at radius 3 is 2.86 bits per heavy atom. The molecule has 0 radical (unpaired) electrons. The summed E-state index contributed by atoms with van der Waals surface area (Å²) in [6.45, 7) is 0.151. The monoisotopic (exact) mass is 429 g/mol. The highest BCUT2D eigenvalue weighted by molar-refractivity contribution is 8.13. The van der Waals surface area contributed by atoms with Gasteiger partial charge in [0.25, 0.3) is 5.91 Å². The third-order valence-electron chi connectivity index (χ3n) is 4.18. The van der Waals surface area contributed by atoms with Crippen molar-refractivity contribution in [3.63, 3.8) is 0 Å². The first-order chi connectivity index (χ1) is 14.1. The molecule has 1 N–H and O–H groups in total. The van der Waals surface area contributed by atoms with Crippen molar-refractivity contribution in [2.75, 3.05) is 13.4 Å². The second-order valence-electron chi connectivity index (χ2n) is 6.01. The lowest BCUT2D eigenvalue weighted by molar-refractivity contribution is -0.115. The van der Waals surface area contributed by atoms with Gasteiger partial charge in [-0.2, -0.15) is 0 Å². The number of carbonyl (C=O) groups excluding carboxylic acids is 1. The molecule has 0 atom stereocenters. The number of nitrogens with one attached hydrogen (secondary N) is 1. The van der Waals surface area contributed by atoms with Crippen molar-refractivity contribution in [3.05, 3.63) is 52.7 Å². The highest BCUT2D eigenvalue weighted by atomic mass is 35.5. The van der Waals surface area contributed by atoms with Gasteiger partial charge in [0.05, 0.1) is 12.6 Å². The summed E-state index contributed by atoms with van der Waals surface area (Å²) < 4.78 is 12.9. The number of aromatic nitrogens is 3. The minimum absolute atomic E-state index is 0.151. The van der Waals surface area contributed by atoms with Gasteiger partial charge in [-0.1, -0.05) is 34.6 Å². The lowest BCUT2D eigenvalue weighted by Gasteiger charge is -2.11. The number of methoxy groups -OCH3 is 1. The molecule has 1 amide bonds. The number of hydrogen-bond donors (Lipinski definition) is 1. The van der Waals surface area contributed by atoms with Crippen molar-refractivity contribution < 1.29 is 14.3 Å². The first-order valence-corrected chi connectivity index (χ1v) is 10.1. The third-order valence-corrected chi connectivity index (χ3v) is 4.99.